The van der Waals surface area contributed by atoms with Crippen LogP contribution in [-0.4, -0.2) is 18.7 Å². The van der Waals surface area contributed by atoms with Gasteiger partial charge < -0.3 is 9.72 Å². The van der Waals surface area contributed by atoms with E-state index in [4.69, 9.17) is 4.74 Å². The molecule has 0 saturated carbocycles. The number of hydrogen-bond donors (Lipinski definition) is 1. The first kappa shape index (κ1) is 14.5. The Bertz CT molecular complexity index is 819. The molecule has 0 saturated heterocycles. The van der Waals surface area contributed by atoms with E-state index in [0.717, 1.165) is 41.5 Å². The van der Waals surface area contributed by atoms with Crippen LogP contribution in [-0.2, 0) is 11.2 Å². The van der Waals surface area contributed by atoms with Gasteiger partial charge in [-0.3, -0.25) is 4.79 Å². The zero-order valence-electron chi connectivity index (χ0n) is 12.6. The van der Waals surface area contributed by atoms with Gasteiger partial charge in [-0.2, -0.15) is 0 Å². The van der Waals surface area contributed by atoms with Gasteiger partial charge in [0, 0.05) is 24.8 Å². The minimum atomic E-state index is -0.0442. The smallest absolute Gasteiger partial charge is 0.256 e. The van der Waals surface area contributed by atoms with Gasteiger partial charge in [0.1, 0.15) is 0 Å². The maximum absolute atomic E-state index is 12.1. The molecule has 3 aromatic rings. The summed E-state index contributed by atoms with van der Waals surface area (Å²) < 4.78 is 5.07. The molecule has 1 N–H and O–H groups in total. The third-order valence-electron chi connectivity index (χ3n) is 3.83. The van der Waals surface area contributed by atoms with Crippen LogP contribution in [0.2, 0.25) is 0 Å². The quantitative estimate of drug-likeness (QED) is 0.727. The van der Waals surface area contributed by atoms with Gasteiger partial charge in [-0.05, 0) is 41.5 Å². The number of methoxy groups -OCH3 is 1. The molecule has 3 nitrogen and oxygen atoms in total. The standard InChI is InChI=1S/C19H19NO2/c1-22-12-4-5-14-8-10-15(11-9-14)18-13-16-6-2-3-7-17(16)19(21)20-18/h2-3,6-11,13H,4-5,12H2,1H3,(H,20,21). The number of aromatic amines is 1. The third kappa shape index (κ3) is 3.10. The summed E-state index contributed by atoms with van der Waals surface area (Å²) in [6.07, 6.45) is 2.02. The summed E-state index contributed by atoms with van der Waals surface area (Å²) in [6.45, 7) is 0.778. The molecule has 3 rings (SSSR count). The number of rotatable bonds is 5. The van der Waals surface area contributed by atoms with Crippen LogP contribution in [0, 0.1) is 0 Å². The maximum Gasteiger partial charge on any atom is 0.256 e. The van der Waals surface area contributed by atoms with Crippen molar-refractivity contribution in [3.8, 4) is 11.3 Å². The lowest BCUT2D eigenvalue weighted by Crippen LogP contribution is -2.06. The first-order valence-electron chi connectivity index (χ1n) is 7.48. The van der Waals surface area contributed by atoms with Crippen LogP contribution in [0.4, 0.5) is 0 Å². The van der Waals surface area contributed by atoms with Crippen molar-refractivity contribution in [1.82, 2.24) is 4.98 Å². The Balaban J connectivity index is 1.89. The summed E-state index contributed by atoms with van der Waals surface area (Å²) in [4.78, 5) is 15.1. The van der Waals surface area contributed by atoms with E-state index in [-0.39, 0.29) is 5.56 Å². The van der Waals surface area contributed by atoms with E-state index < -0.39 is 0 Å². The predicted molar refractivity (Wildman–Crippen MR) is 90.2 cm³/mol. The van der Waals surface area contributed by atoms with Crippen molar-refractivity contribution in [3.05, 3.63) is 70.5 Å². The van der Waals surface area contributed by atoms with Crippen molar-refractivity contribution < 1.29 is 4.74 Å². The monoisotopic (exact) mass is 293 g/mol. The molecule has 0 atom stereocenters. The average Bonchev–Trinajstić information content (AvgIpc) is 2.56. The third-order valence-corrected chi connectivity index (χ3v) is 3.83. The van der Waals surface area contributed by atoms with Crippen molar-refractivity contribution >= 4 is 10.8 Å². The fourth-order valence-corrected chi connectivity index (χ4v) is 2.64. The maximum atomic E-state index is 12.1. The van der Waals surface area contributed by atoms with Crippen LogP contribution in [0.25, 0.3) is 22.0 Å². The molecule has 0 fully saturated rings. The normalized spacial score (nSPS) is 11.0. The van der Waals surface area contributed by atoms with Crippen LogP contribution >= 0.6 is 0 Å². The molecular formula is C19H19NO2. The fourth-order valence-electron chi connectivity index (χ4n) is 2.64. The summed E-state index contributed by atoms with van der Waals surface area (Å²) in [5, 5.41) is 1.69. The molecule has 2 aromatic carbocycles. The number of pyridine rings is 1. The highest BCUT2D eigenvalue weighted by molar-refractivity contribution is 5.84. The van der Waals surface area contributed by atoms with Gasteiger partial charge in [0.2, 0.25) is 0 Å². The zero-order valence-corrected chi connectivity index (χ0v) is 12.6. The lowest BCUT2D eigenvalue weighted by atomic mass is 10.0. The molecule has 0 aliphatic carbocycles. The van der Waals surface area contributed by atoms with Crippen molar-refractivity contribution in [3.63, 3.8) is 0 Å². The van der Waals surface area contributed by atoms with Crippen LogP contribution in [0.5, 0.6) is 0 Å². The first-order valence-corrected chi connectivity index (χ1v) is 7.48. The minimum absolute atomic E-state index is 0.0442. The lowest BCUT2D eigenvalue weighted by Gasteiger charge is -2.06. The van der Waals surface area contributed by atoms with Crippen molar-refractivity contribution in [1.29, 1.82) is 0 Å². The van der Waals surface area contributed by atoms with Crippen LogP contribution in [0.3, 0.4) is 0 Å². The van der Waals surface area contributed by atoms with Crippen molar-refractivity contribution in [2.45, 2.75) is 12.8 Å². The molecule has 0 unspecified atom stereocenters. The minimum Gasteiger partial charge on any atom is -0.385 e. The molecule has 0 aliphatic rings. The Morgan fingerprint density at radius 3 is 2.59 bits per heavy atom. The molecular weight excluding hydrogens is 274 g/mol. The van der Waals surface area contributed by atoms with Gasteiger partial charge in [0.05, 0.1) is 0 Å². The van der Waals surface area contributed by atoms with Crippen LogP contribution in [0.1, 0.15) is 12.0 Å². The van der Waals surface area contributed by atoms with Crippen LogP contribution < -0.4 is 5.56 Å². The van der Waals surface area contributed by atoms with Gasteiger partial charge in [0.15, 0.2) is 0 Å². The van der Waals surface area contributed by atoms with Gasteiger partial charge >= 0.3 is 0 Å². The molecule has 112 valence electrons. The number of H-pyrrole nitrogens is 1. The van der Waals surface area contributed by atoms with Crippen molar-refractivity contribution in [2.75, 3.05) is 13.7 Å². The van der Waals surface area contributed by atoms with E-state index in [1.54, 1.807) is 7.11 Å². The largest absolute Gasteiger partial charge is 0.385 e. The molecule has 0 spiro atoms. The topological polar surface area (TPSA) is 42.1 Å². The van der Waals surface area contributed by atoms with E-state index in [9.17, 15) is 4.79 Å². The molecule has 0 amide bonds. The van der Waals surface area contributed by atoms with E-state index in [0.29, 0.717) is 0 Å². The molecule has 0 aliphatic heterocycles. The first-order chi connectivity index (χ1) is 10.8. The molecule has 1 aromatic heterocycles. The number of aryl methyl sites for hydroxylation is 1. The molecule has 3 heteroatoms. The number of aromatic nitrogens is 1. The molecule has 22 heavy (non-hydrogen) atoms. The molecule has 1 heterocycles. The van der Waals surface area contributed by atoms with E-state index in [2.05, 4.69) is 29.2 Å². The zero-order chi connectivity index (χ0) is 15.4. The van der Waals surface area contributed by atoms with Gasteiger partial charge in [-0.25, -0.2) is 0 Å². The summed E-state index contributed by atoms with van der Waals surface area (Å²) in [5.74, 6) is 0. The highest BCUT2D eigenvalue weighted by Crippen LogP contribution is 2.20. The second-order valence-corrected chi connectivity index (χ2v) is 5.39. The van der Waals surface area contributed by atoms with Gasteiger partial charge in [-0.1, -0.05) is 42.5 Å². The second kappa shape index (κ2) is 6.58. The lowest BCUT2D eigenvalue weighted by molar-refractivity contribution is 0.195. The average molecular weight is 293 g/mol. The number of fused-ring (bicyclic) bond motifs is 1. The van der Waals surface area contributed by atoms with E-state index in [1.165, 1.54) is 5.56 Å². The summed E-state index contributed by atoms with van der Waals surface area (Å²) in [6, 6.07) is 18.0. The number of hydrogen-bond acceptors (Lipinski definition) is 2. The summed E-state index contributed by atoms with van der Waals surface area (Å²) in [7, 11) is 1.72. The van der Waals surface area contributed by atoms with Crippen LogP contribution in [0.15, 0.2) is 59.4 Å². The Kier molecular flexibility index (Phi) is 4.35. The Labute approximate surface area is 129 Å². The summed E-state index contributed by atoms with van der Waals surface area (Å²) >= 11 is 0. The van der Waals surface area contributed by atoms with Crippen molar-refractivity contribution in [2.24, 2.45) is 0 Å². The highest BCUT2D eigenvalue weighted by Gasteiger charge is 2.04. The highest BCUT2D eigenvalue weighted by atomic mass is 16.5. The Morgan fingerprint density at radius 1 is 1.05 bits per heavy atom. The SMILES string of the molecule is COCCCc1ccc(-c2cc3ccccc3c(=O)[nH]2)cc1. The fraction of sp³-hybridized carbons (Fsp3) is 0.211. The Hall–Kier alpha value is -2.39. The van der Waals surface area contributed by atoms with E-state index in [1.807, 2.05) is 30.3 Å². The predicted octanol–water partition coefficient (Wildman–Crippen LogP) is 3.77. The number of nitrogens with one attached hydrogen (secondary N) is 1. The van der Waals surface area contributed by atoms with Gasteiger partial charge in [0.25, 0.3) is 5.56 Å². The summed E-state index contributed by atoms with van der Waals surface area (Å²) in [5.41, 5.74) is 3.12. The van der Waals surface area contributed by atoms with E-state index >= 15 is 0 Å². The second-order valence-electron chi connectivity index (χ2n) is 5.39. The number of benzene rings is 2. The Morgan fingerprint density at radius 2 is 1.82 bits per heavy atom. The molecule has 0 radical (unpaired) electrons. The molecule has 0 bridgehead atoms. The van der Waals surface area contributed by atoms with Gasteiger partial charge in [-0.15, -0.1) is 0 Å². The number of ether oxygens (including phenoxy) is 1.